The van der Waals surface area contributed by atoms with E-state index in [1.165, 1.54) is 16.5 Å². The predicted molar refractivity (Wildman–Crippen MR) is 118 cm³/mol. The fourth-order valence-corrected chi connectivity index (χ4v) is 3.31. The summed E-state index contributed by atoms with van der Waals surface area (Å²) in [5.41, 5.74) is 8.29. The van der Waals surface area contributed by atoms with Crippen LogP contribution in [0.2, 0.25) is 0 Å². The molecule has 0 unspecified atom stereocenters. The second-order valence-electron chi connectivity index (χ2n) is 7.02. The van der Waals surface area contributed by atoms with Gasteiger partial charge in [0.15, 0.2) is 11.5 Å². The summed E-state index contributed by atoms with van der Waals surface area (Å²) < 4.78 is 10.7. The number of nitrogens with two attached hydrogens (primary N) is 1. The highest BCUT2D eigenvalue weighted by atomic mass is 16.5. The lowest BCUT2D eigenvalue weighted by Crippen LogP contribution is -2.39. The van der Waals surface area contributed by atoms with Gasteiger partial charge in [-0.3, -0.25) is 9.59 Å². The molecule has 0 radical (unpaired) electrons. The van der Waals surface area contributed by atoms with Crippen LogP contribution in [-0.2, 0) is 16.0 Å². The minimum atomic E-state index is -0.565. The maximum Gasteiger partial charge on any atom is 0.247 e. The SMILES string of the molecule is CCCc1ccc([C@H](C)N(CC(N)=O)C(=O)/C=C/c2cccc(OC)c2OC)cc1. The Morgan fingerprint density at radius 1 is 1.10 bits per heavy atom. The number of amides is 2. The van der Waals surface area contributed by atoms with Crippen molar-refractivity contribution in [3.8, 4) is 11.5 Å². The van der Waals surface area contributed by atoms with Crippen LogP contribution >= 0.6 is 0 Å². The molecule has 6 nitrogen and oxygen atoms in total. The smallest absolute Gasteiger partial charge is 0.247 e. The zero-order chi connectivity index (χ0) is 22.1. The molecule has 0 saturated heterocycles. The molecule has 0 saturated carbocycles. The van der Waals surface area contributed by atoms with Gasteiger partial charge in [0.2, 0.25) is 11.8 Å². The van der Waals surface area contributed by atoms with E-state index in [9.17, 15) is 9.59 Å². The molecule has 0 aliphatic heterocycles. The number of carbonyl (C=O) groups is 2. The van der Waals surface area contributed by atoms with E-state index in [1.807, 2.05) is 31.2 Å². The molecule has 2 N–H and O–H groups in total. The first-order valence-electron chi connectivity index (χ1n) is 9.98. The molecule has 0 heterocycles. The molecular formula is C24H30N2O4. The van der Waals surface area contributed by atoms with E-state index in [0.717, 1.165) is 18.4 Å². The van der Waals surface area contributed by atoms with Gasteiger partial charge in [0.25, 0.3) is 0 Å². The molecule has 2 aromatic carbocycles. The average molecular weight is 411 g/mol. The molecule has 2 amide bonds. The maximum absolute atomic E-state index is 12.9. The average Bonchev–Trinajstić information content (AvgIpc) is 2.75. The van der Waals surface area contributed by atoms with Gasteiger partial charge in [0.05, 0.1) is 20.3 Å². The minimum Gasteiger partial charge on any atom is -0.493 e. The van der Waals surface area contributed by atoms with Crippen molar-refractivity contribution in [2.24, 2.45) is 5.73 Å². The van der Waals surface area contributed by atoms with Gasteiger partial charge in [-0.15, -0.1) is 0 Å². The molecule has 0 aromatic heterocycles. The van der Waals surface area contributed by atoms with E-state index in [4.69, 9.17) is 15.2 Å². The molecule has 0 spiro atoms. The van der Waals surface area contributed by atoms with Gasteiger partial charge in [-0.1, -0.05) is 49.7 Å². The fraction of sp³-hybridized carbons (Fsp3) is 0.333. The van der Waals surface area contributed by atoms with E-state index < -0.39 is 5.91 Å². The van der Waals surface area contributed by atoms with Gasteiger partial charge in [-0.05, 0) is 36.6 Å². The van der Waals surface area contributed by atoms with Crippen LogP contribution in [0.3, 0.4) is 0 Å². The molecule has 0 bridgehead atoms. The number of hydrogen-bond acceptors (Lipinski definition) is 4. The van der Waals surface area contributed by atoms with E-state index >= 15 is 0 Å². The number of rotatable bonds is 10. The summed E-state index contributed by atoms with van der Waals surface area (Å²) >= 11 is 0. The summed E-state index contributed by atoms with van der Waals surface area (Å²) in [5, 5.41) is 0. The molecule has 0 fully saturated rings. The van der Waals surface area contributed by atoms with Crippen molar-refractivity contribution >= 4 is 17.9 Å². The summed E-state index contributed by atoms with van der Waals surface area (Å²) in [4.78, 5) is 26.0. The predicted octanol–water partition coefficient (Wildman–Crippen LogP) is 3.74. The van der Waals surface area contributed by atoms with E-state index in [2.05, 4.69) is 19.1 Å². The van der Waals surface area contributed by atoms with Crippen LogP contribution in [0.15, 0.2) is 48.5 Å². The number of primary amides is 1. The molecule has 0 aliphatic rings. The molecule has 2 aromatic rings. The zero-order valence-electron chi connectivity index (χ0n) is 18.1. The molecule has 30 heavy (non-hydrogen) atoms. The standard InChI is InChI=1S/C24H30N2O4/c1-5-7-18-10-12-19(13-11-18)17(2)26(16-22(25)27)23(28)15-14-20-8-6-9-21(29-3)24(20)30-4/h6,8-15,17H,5,7,16H2,1-4H3,(H2,25,27)/b15-14+/t17-/m0/s1. The van der Waals surface area contributed by atoms with Crippen molar-refractivity contribution in [2.45, 2.75) is 32.7 Å². The lowest BCUT2D eigenvalue weighted by Gasteiger charge is -2.27. The zero-order valence-corrected chi connectivity index (χ0v) is 18.1. The minimum absolute atomic E-state index is 0.170. The molecule has 2 rings (SSSR count). The number of nitrogens with zero attached hydrogens (tertiary/aromatic N) is 1. The van der Waals surface area contributed by atoms with Crippen molar-refractivity contribution in [1.82, 2.24) is 4.90 Å². The quantitative estimate of drug-likeness (QED) is 0.605. The Bertz CT molecular complexity index is 891. The van der Waals surface area contributed by atoms with Crippen LogP contribution in [0.1, 0.15) is 43.0 Å². The summed E-state index contributed by atoms with van der Waals surface area (Å²) in [6, 6.07) is 13.2. The third-order valence-electron chi connectivity index (χ3n) is 4.92. The van der Waals surface area contributed by atoms with Gasteiger partial charge in [-0.2, -0.15) is 0 Å². The highest BCUT2D eigenvalue weighted by molar-refractivity contribution is 5.94. The van der Waals surface area contributed by atoms with E-state index in [0.29, 0.717) is 17.1 Å². The highest BCUT2D eigenvalue weighted by Gasteiger charge is 2.22. The third kappa shape index (κ3) is 5.86. The van der Waals surface area contributed by atoms with Crippen LogP contribution < -0.4 is 15.2 Å². The molecule has 160 valence electrons. The highest BCUT2D eigenvalue weighted by Crippen LogP contribution is 2.31. The molecular weight excluding hydrogens is 380 g/mol. The molecule has 6 heteroatoms. The normalized spacial score (nSPS) is 11.9. The summed E-state index contributed by atoms with van der Waals surface area (Å²) in [5.74, 6) is 0.223. The first kappa shape index (κ1) is 23.0. The van der Waals surface area contributed by atoms with Crippen LogP contribution in [0.25, 0.3) is 6.08 Å². The molecule has 0 aliphatic carbocycles. The van der Waals surface area contributed by atoms with Crippen LogP contribution in [0.4, 0.5) is 0 Å². The van der Waals surface area contributed by atoms with E-state index in [1.54, 1.807) is 26.4 Å². The van der Waals surface area contributed by atoms with Crippen molar-refractivity contribution in [1.29, 1.82) is 0 Å². The first-order chi connectivity index (χ1) is 14.4. The third-order valence-corrected chi connectivity index (χ3v) is 4.92. The number of aryl methyl sites for hydroxylation is 1. The van der Waals surface area contributed by atoms with Crippen molar-refractivity contribution in [2.75, 3.05) is 20.8 Å². The second-order valence-corrected chi connectivity index (χ2v) is 7.02. The monoisotopic (exact) mass is 410 g/mol. The van der Waals surface area contributed by atoms with Crippen molar-refractivity contribution in [3.63, 3.8) is 0 Å². The van der Waals surface area contributed by atoms with Crippen LogP contribution in [-0.4, -0.2) is 37.5 Å². The number of para-hydroxylation sites is 1. The summed E-state index contributed by atoms with van der Waals surface area (Å²) in [7, 11) is 3.10. The van der Waals surface area contributed by atoms with Gasteiger partial charge in [-0.25, -0.2) is 0 Å². The number of benzene rings is 2. The topological polar surface area (TPSA) is 81.9 Å². The van der Waals surface area contributed by atoms with E-state index in [-0.39, 0.29) is 18.5 Å². The Kier molecular flexibility index (Phi) is 8.47. The number of methoxy groups -OCH3 is 2. The Morgan fingerprint density at radius 3 is 2.37 bits per heavy atom. The Hall–Kier alpha value is -3.28. The van der Waals surface area contributed by atoms with Gasteiger partial charge < -0.3 is 20.1 Å². The van der Waals surface area contributed by atoms with Gasteiger partial charge in [0, 0.05) is 11.6 Å². The fourth-order valence-electron chi connectivity index (χ4n) is 3.31. The molecule has 1 atom stereocenters. The Labute approximate surface area is 178 Å². The first-order valence-corrected chi connectivity index (χ1v) is 9.98. The Balaban J connectivity index is 2.27. The van der Waals surface area contributed by atoms with Gasteiger partial charge in [0.1, 0.15) is 6.54 Å². The number of hydrogen-bond donors (Lipinski definition) is 1. The second kappa shape index (κ2) is 11.0. The van der Waals surface area contributed by atoms with Crippen LogP contribution in [0, 0.1) is 0 Å². The lowest BCUT2D eigenvalue weighted by molar-refractivity contribution is -0.133. The number of ether oxygens (including phenoxy) is 2. The largest absolute Gasteiger partial charge is 0.493 e. The Morgan fingerprint density at radius 2 is 1.80 bits per heavy atom. The lowest BCUT2D eigenvalue weighted by atomic mass is 10.0. The van der Waals surface area contributed by atoms with Crippen LogP contribution in [0.5, 0.6) is 11.5 Å². The van der Waals surface area contributed by atoms with Gasteiger partial charge >= 0.3 is 0 Å². The maximum atomic E-state index is 12.9. The van der Waals surface area contributed by atoms with Crippen molar-refractivity contribution in [3.05, 3.63) is 65.2 Å². The number of carbonyl (C=O) groups excluding carboxylic acids is 2. The summed E-state index contributed by atoms with van der Waals surface area (Å²) in [6.07, 6.45) is 5.14. The van der Waals surface area contributed by atoms with Crippen molar-refractivity contribution < 1.29 is 19.1 Å². The summed E-state index contributed by atoms with van der Waals surface area (Å²) in [6.45, 7) is 3.85.